The molecule has 2 heterocycles. The molecular formula is C22H34N2O. The van der Waals surface area contributed by atoms with Crippen LogP contribution in [0, 0.1) is 0 Å². The van der Waals surface area contributed by atoms with Gasteiger partial charge in [-0.25, -0.2) is 0 Å². The van der Waals surface area contributed by atoms with Gasteiger partial charge in [0.25, 0.3) is 5.91 Å². The topological polar surface area (TPSA) is 32.3 Å². The van der Waals surface area contributed by atoms with Gasteiger partial charge in [0, 0.05) is 23.7 Å². The summed E-state index contributed by atoms with van der Waals surface area (Å²) >= 11 is 0. The van der Waals surface area contributed by atoms with Crippen LogP contribution in [0.15, 0.2) is 24.3 Å². The number of nitrogens with zero attached hydrogens (tertiary/aromatic N) is 1. The van der Waals surface area contributed by atoms with E-state index >= 15 is 0 Å². The van der Waals surface area contributed by atoms with Crippen molar-refractivity contribution in [3.8, 4) is 0 Å². The van der Waals surface area contributed by atoms with Gasteiger partial charge in [0.05, 0.1) is 0 Å². The number of amides is 1. The summed E-state index contributed by atoms with van der Waals surface area (Å²) in [6.07, 6.45) is 7.39. The number of fused-ring (bicyclic) bond motifs is 2. The summed E-state index contributed by atoms with van der Waals surface area (Å²) in [6, 6.07) is 9.80. The summed E-state index contributed by atoms with van der Waals surface area (Å²) in [5.74, 6) is 0.0903. The first-order valence-electron chi connectivity index (χ1n) is 10.1. The molecule has 0 aliphatic carbocycles. The largest absolute Gasteiger partial charge is 0.349 e. The Balaban J connectivity index is 1.62. The lowest BCUT2D eigenvalue weighted by molar-refractivity contribution is 0.0245. The molecule has 25 heavy (non-hydrogen) atoms. The van der Waals surface area contributed by atoms with Crippen molar-refractivity contribution >= 4 is 5.91 Å². The molecule has 1 aromatic rings. The van der Waals surface area contributed by atoms with Crippen LogP contribution in [0.25, 0.3) is 0 Å². The fourth-order valence-electron chi connectivity index (χ4n) is 4.61. The third kappa shape index (κ3) is 4.25. The molecule has 2 aliphatic rings. The lowest BCUT2D eigenvalue weighted by Gasteiger charge is -2.49. The highest BCUT2D eigenvalue weighted by molar-refractivity contribution is 5.94. The number of hydrogen-bond acceptors (Lipinski definition) is 2. The van der Waals surface area contributed by atoms with Gasteiger partial charge in [0.2, 0.25) is 0 Å². The second-order valence-corrected chi connectivity index (χ2v) is 8.95. The number of rotatable bonds is 4. The molecule has 0 spiro atoms. The molecule has 138 valence electrons. The maximum Gasteiger partial charge on any atom is 0.251 e. The van der Waals surface area contributed by atoms with E-state index in [4.69, 9.17) is 0 Å². The second kappa shape index (κ2) is 7.49. The molecule has 3 rings (SSSR count). The van der Waals surface area contributed by atoms with Gasteiger partial charge in [0.15, 0.2) is 0 Å². The Bertz CT molecular complexity index is 573. The lowest BCUT2D eigenvalue weighted by atomic mass is 9.81. The molecule has 0 saturated carbocycles. The number of hydrogen-bond donors (Lipinski definition) is 1. The zero-order valence-corrected chi connectivity index (χ0v) is 16.3. The van der Waals surface area contributed by atoms with Crippen LogP contribution in [0.1, 0.15) is 82.1 Å². The van der Waals surface area contributed by atoms with Gasteiger partial charge in [-0.1, -0.05) is 46.2 Å². The summed E-state index contributed by atoms with van der Waals surface area (Å²) in [5, 5.41) is 3.32. The van der Waals surface area contributed by atoms with E-state index in [0.29, 0.717) is 18.1 Å². The van der Waals surface area contributed by atoms with Crippen molar-refractivity contribution in [2.45, 2.75) is 89.8 Å². The van der Waals surface area contributed by atoms with Gasteiger partial charge >= 0.3 is 0 Å². The van der Waals surface area contributed by atoms with Gasteiger partial charge in [0.1, 0.15) is 0 Å². The van der Waals surface area contributed by atoms with Crippen LogP contribution >= 0.6 is 0 Å². The van der Waals surface area contributed by atoms with E-state index in [1.54, 1.807) is 0 Å². The van der Waals surface area contributed by atoms with Gasteiger partial charge in [-0.2, -0.15) is 0 Å². The van der Waals surface area contributed by atoms with E-state index in [1.165, 1.54) is 37.8 Å². The molecule has 3 heteroatoms. The van der Waals surface area contributed by atoms with Crippen molar-refractivity contribution in [2.24, 2.45) is 0 Å². The minimum Gasteiger partial charge on any atom is -0.349 e. The molecule has 2 atom stereocenters. The maximum atomic E-state index is 12.7. The first-order chi connectivity index (χ1) is 11.9. The molecule has 3 nitrogen and oxygen atoms in total. The number of benzene rings is 1. The van der Waals surface area contributed by atoms with E-state index in [1.807, 2.05) is 12.1 Å². The monoisotopic (exact) mass is 342 g/mol. The summed E-state index contributed by atoms with van der Waals surface area (Å²) in [5.41, 5.74) is 2.18. The molecule has 1 amide bonds. The fraction of sp³-hybridized carbons (Fsp3) is 0.682. The van der Waals surface area contributed by atoms with Gasteiger partial charge in [-0.3, -0.25) is 9.69 Å². The molecule has 0 unspecified atom stereocenters. The molecule has 2 aliphatic heterocycles. The maximum absolute atomic E-state index is 12.7. The molecule has 2 saturated heterocycles. The Labute approximate surface area is 153 Å². The Morgan fingerprint density at radius 3 is 2.24 bits per heavy atom. The van der Waals surface area contributed by atoms with Crippen LogP contribution in [-0.2, 0) is 5.41 Å². The highest BCUT2D eigenvalue weighted by atomic mass is 16.1. The first-order valence-corrected chi connectivity index (χ1v) is 10.1. The molecule has 1 aromatic carbocycles. The van der Waals surface area contributed by atoms with Crippen molar-refractivity contribution in [3.05, 3.63) is 35.4 Å². The van der Waals surface area contributed by atoms with Gasteiger partial charge < -0.3 is 5.32 Å². The quantitative estimate of drug-likeness (QED) is 0.873. The number of piperidine rings is 2. The average molecular weight is 343 g/mol. The molecule has 2 fully saturated rings. The highest BCUT2D eigenvalue weighted by Crippen LogP contribution is 2.34. The standard InChI is InChI=1S/C22H34N2O/c1-5-13-24-19-7-6-8-20(24)15-18(14-19)23-21(25)16-9-11-17(12-10-16)22(2,3)4/h9-12,18-20H,5-8,13-15H2,1-4H3,(H,23,25)/t19-,20-/m1/s1. The molecular weight excluding hydrogens is 308 g/mol. The van der Waals surface area contributed by atoms with E-state index in [-0.39, 0.29) is 11.3 Å². The Hall–Kier alpha value is -1.35. The minimum atomic E-state index is 0.0903. The predicted molar refractivity (Wildman–Crippen MR) is 104 cm³/mol. The molecule has 0 radical (unpaired) electrons. The van der Waals surface area contributed by atoms with E-state index in [2.05, 4.69) is 50.0 Å². The molecule has 1 N–H and O–H groups in total. The number of carbonyl (C=O) groups excluding carboxylic acids is 1. The van der Waals surface area contributed by atoms with Gasteiger partial charge in [-0.05, 0) is 61.8 Å². The normalized spacial score (nSPS) is 27.1. The SMILES string of the molecule is CCCN1[C@@H]2CCC[C@@H]1CC(NC(=O)c1ccc(C(C)(C)C)cc1)C2. The predicted octanol–water partition coefficient (Wildman–Crippen LogP) is 4.51. The van der Waals surface area contributed by atoms with Crippen LogP contribution in [0.4, 0.5) is 0 Å². The summed E-state index contributed by atoms with van der Waals surface area (Å²) in [7, 11) is 0. The minimum absolute atomic E-state index is 0.0903. The number of nitrogens with one attached hydrogen (secondary N) is 1. The molecule has 0 aromatic heterocycles. The van der Waals surface area contributed by atoms with Crippen LogP contribution in [0.2, 0.25) is 0 Å². The summed E-state index contributed by atoms with van der Waals surface area (Å²) in [4.78, 5) is 15.4. The van der Waals surface area contributed by atoms with E-state index in [0.717, 1.165) is 18.4 Å². The Morgan fingerprint density at radius 1 is 1.12 bits per heavy atom. The smallest absolute Gasteiger partial charge is 0.251 e. The zero-order chi connectivity index (χ0) is 18.0. The van der Waals surface area contributed by atoms with Crippen molar-refractivity contribution in [2.75, 3.05) is 6.54 Å². The fourth-order valence-corrected chi connectivity index (χ4v) is 4.61. The van der Waals surface area contributed by atoms with Crippen molar-refractivity contribution in [1.29, 1.82) is 0 Å². The van der Waals surface area contributed by atoms with Crippen LogP contribution in [0.3, 0.4) is 0 Å². The summed E-state index contributed by atoms with van der Waals surface area (Å²) < 4.78 is 0. The van der Waals surface area contributed by atoms with Crippen molar-refractivity contribution in [3.63, 3.8) is 0 Å². The first kappa shape index (κ1) is 18.4. The summed E-state index contributed by atoms with van der Waals surface area (Å²) in [6.45, 7) is 10.1. The van der Waals surface area contributed by atoms with Crippen molar-refractivity contribution in [1.82, 2.24) is 10.2 Å². The third-order valence-electron chi connectivity index (χ3n) is 5.96. The third-order valence-corrected chi connectivity index (χ3v) is 5.96. The van der Waals surface area contributed by atoms with E-state index < -0.39 is 0 Å². The van der Waals surface area contributed by atoms with Gasteiger partial charge in [-0.15, -0.1) is 0 Å². The zero-order valence-electron chi connectivity index (χ0n) is 16.3. The highest BCUT2D eigenvalue weighted by Gasteiger charge is 2.38. The van der Waals surface area contributed by atoms with Crippen molar-refractivity contribution < 1.29 is 4.79 Å². The van der Waals surface area contributed by atoms with E-state index in [9.17, 15) is 4.79 Å². The van der Waals surface area contributed by atoms with Crippen LogP contribution in [0.5, 0.6) is 0 Å². The van der Waals surface area contributed by atoms with Crippen LogP contribution < -0.4 is 5.32 Å². The average Bonchev–Trinajstić information content (AvgIpc) is 2.55. The molecule has 2 bridgehead atoms. The lowest BCUT2D eigenvalue weighted by Crippen LogP contribution is -2.57. The second-order valence-electron chi connectivity index (χ2n) is 8.95. The number of carbonyl (C=O) groups is 1. The Kier molecular flexibility index (Phi) is 5.52. The Morgan fingerprint density at radius 2 is 1.72 bits per heavy atom. The van der Waals surface area contributed by atoms with Crippen LogP contribution in [-0.4, -0.2) is 35.5 Å².